The van der Waals surface area contributed by atoms with Crippen LogP contribution in [-0.2, 0) is 4.74 Å². The van der Waals surface area contributed by atoms with Crippen molar-refractivity contribution in [2.24, 2.45) is 0 Å². The second kappa shape index (κ2) is 5.22. The van der Waals surface area contributed by atoms with Crippen molar-refractivity contribution >= 4 is 5.78 Å². The van der Waals surface area contributed by atoms with Gasteiger partial charge in [0.15, 0.2) is 11.9 Å². The number of hydrogen-bond acceptors (Lipinski definition) is 2. The normalized spacial score (nSPS) is 20.9. The van der Waals surface area contributed by atoms with E-state index < -0.39 is 0 Å². The van der Waals surface area contributed by atoms with Gasteiger partial charge >= 0.3 is 0 Å². The van der Waals surface area contributed by atoms with Crippen LogP contribution >= 0.6 is 0 Å². The van der Waals surface area contributed by atoms with Crippen LogP contribution in [0.3, 0.4) is 0 Å². The minimum atomic E-state index is -0.317. The van der Waals surface area contributed by atoms with Crippen molar-refractivity contribution in [1.82, 2.24) is 0 Å². The van der Waals surface area contributed by atoms with E-state index in [2.05, 4.69) is 38.1 Å². The maximum atomic E-state index is 12.2. The number of epoxide rings is 1. The first-order chi connectivity index (χ1) is 9.66. The molecule has 0 unspecified atom stereocenters. The molecule has 2 atom stereocenters. The minimum absolute atomic E-state index is 0.0727. The number of Topliss-reactive ketones (excluding diaryl/α,β-unsaturated/α-hetero) is 1. The number of carbonyl (C=O) groups is 1. The van der Waals surface area contributed by atoms with Gasteiger partial charge in [-0.25, -0.2) is 0 Å². The van der Waals surface area contributed by atoms with Gasteiger partial charge in [-0.1, -0.05) is 68.4 Å². The number of benzene rings is 2. The Kier molecular flexibility index (Phi) is 3.41. The van der Waals surface area contributed by atoms with Crippen LogP contribution in [0.25, 0.3) is 0 Å². The Labute approximate surface area is 119 Å². The van der Waals surface area contributed by atoms with Crippen molar-refractivity contribution < 1.29 is 9.53 Å². The first-order valence-corrected chi connectivity index (χ1v) is 7.01. The van der Waals surface area contributed by atoms with E-state index in [1.165, 1.54) is 5.56 Å². The second-order valence-corrected chi connectivity index (χ2v) is 5.53. The summed E-state index contributed by atoms with van der Waals surface area (Å²) in [7, 11) is 0. The van der Waals surface area contributed by atoms with Crippen molar-refractivity contribution in [2.75, 3.05) is 0 Å². The zero-order valence-corrected chi connectivity index (χ0v) is 11.7. The van der Waals surface area contributed by atoms with E-state index in [1.807, 2.05) is 30.3 Å². The molecular formula is C18H18O2. The highest BCUT2D eigenvalue weighted by Crippen LogP contribution is 2.40. The molecule has 0 radical (unpaired) electrons. The molecule has 3 rings (SSSR count). The monoisotopic (exact) mass is 266 g/mol. The van der Waals surface area contributed by atoms with E-state index >= 15 is 0 Å². The highest BCUT2D eigenvalue weighted by molar-refractivity contribution is 6.01. The highest BCUT2D eigenvalue weighted by Gasteiger charge is 2.46. The maximum absolute atomic E-state index is 12.2. The van der Waals surface area contributed by atoms with Gasteiger partial charge in [0.25, 0.3) is 0 Å². The van der Waals surface area contributed by atoms with Crippen molar-refractivity contribution in [3.05, 3.63) is 71.3 Å². The lowest BCUT2D eigenvalue weighted by Crippen LogP contribution is -2.07. The molecule has 0 saturated carbocycles. The summed E-state index contributed by atoms with van der Waals surface area (Å²) < 4.78 is 5.57. The summed E-state index contributed by atoms with van der Waals surface area (Å²) in [4.78, 5) is 12.2. The minimum Gasteiger partial charge on any atom is -0.356 e. The van der Waals surface area contributed by atoms with E-state index in [9.17, 15) is 4.79 Å². The molecule has 2 heteroatoms. The van der Waals surface area contributed by atoms with E-state index in [4.69, 9.17) is 4.74 Å². The van der Waals surface area contributed by atoms with Gasteiger partial charge < -0.3 is 4.74 Å². The fourth-order valence-electron chi connectivity index (χ4n) is 2.40. The topological polar surface area (TPSA) is 29.6 Å². The quantitative estimate of drug-likeness (QED) is 0.615. The number of ketones is 1. The van der Waals surface area contributed by atoms with Gasteiger partial charge in [0.2, 0.25) is 0 Å². The van der Waals surface area contributed by atoms with Crippen LogP contribution in [0.4, 0.5) is 0 Å². The molecule has 1 aliphatic heterocycles. The first kappa shape index (κ1) is 13.1. The SMILES string of the molecule is CC(C)c1ccc([C@H]2O[C@@H]2C(=O)c2ccccc2)cc1. The van der Waals surface area contributed by atoms with Gasteiger partial charge in [0, 0.05) is 5.56 Å². The van der Waals surface area contributed by atoms with Crippen LogP contribution in [-0.4, -0.2) is 11.9 Å². The zero-order chi connectivity index (χ0) is 14.1. The molecule has 0 aliphatic carbocycles. The molecule has 20 heavy (non-hydrogen) atoms. The van der Waals surface area contributed by atoms with Crippen molar-refractivity contribution in [1.29, 1.82) is 0 Å². The molecule has 2 aromatic rings. The highest BCUT2D eigenvalue weighted by atomic mass is 16.6. The fourth-order valence-corrected chi connectivity index (χ4v) is 2.40. The van der Waals surface area contributed by atoms with Gasteiger partial charge in [-0.3, -0.25) is 4.79 Å². The van der Waals surface area contributed by atoms with E-state index in [0.717, 1.165) is 11.1 Å². The summed E-state index contributed by atoms with van der Waals surface area (Å²) >= 11 is 0. The van der Waals surface area contributed by atoms with Crippen LogP contribution < -0.4 is 0 Å². The van der Waals surface area contributed by atoms with Crippen LogP contribution in [0.5, 0.6) is 0 Å². The Bertz CT molecular complexity index is 599. The van der Waals surface area contributed by atoms with Gasteiger partial charge in [-0.15, -0.1) is 0 Å². The smallest absolute Gasteiger partial charge is 0.194 e. The molecule has 2 nitrogen and oxygen atoms in total. The molecule has 102 valence electrons. The number of rotatable bonds is 4. The third-order valence-corrected chi connectivity index (χ3v) is 3.74. The Morgan fingerprint density at radius 3 is 2.25 bits per heavy atom. The molecule has 1 heterocycles. The number of ether oxygens (including phenoxy) is 1. The lowest BCUT2D eigenvalue weighted by molar-refractivity contribution is 0.0953. The largest absolute Gasteiger partial charge is 0.356 e. The van der Waals surface area contributed by atoms with Crippen molar-refractivity contribution in [3.63, 3.8) is 0 Å². The van der Waals surface area contributed by atoms with Gasteiger partial charge in [-0.2, -0.15) is 0 Å². The Morgan fingerprint density at radius 1 is 1.00 bits per heavy atom. The van der Waals surface area contributed by atoms with Crippen LogP contribution in [0.15, 0.2) is 54.6 Å². The lowest BCUT2D eigenvalue weighted by atomic mass is 9.98. The van der Waals surface area contributed by atoms with Crippen LogP contribution in [0, 0.1) is 0 Å². The summed E-state index contributed by atoms with van der Waals surface area (Å²) in [6.45, 7) is 4.34. The summed E-state index contributed by atoms with van der Waals surface area (Å²) in [6, 6.07) is 17.7. The standard InChI is InChI=1S/C18H18O2/c1-12(2)13-8-10-15(11-9-13)17-18(20-17)16(19)14-6-4-3-5-7-14/h3-12,17-18H,1-2H3/t17-,18-/m1/s1. The predicted octanol–water partition coefficient (Wildman–Crippen LogP) is 4.13. The van der Waals surface area contributed by atoms with E-state index in [0.29, 0.717) is 5.92 Å². The Hall–Kier alpha value is -1.93. The summed E-state index contributed by atoms with van der Waals surface area (Å²) in [5, 5.41) is 0. The molecule has 1 saturated heterocycles. The molecule has 0 amide bonds. The molecule has 0 N–H and O–H groups in total. The van der Waals surface area contributed by atoms with E-state index in [-0.39, 0.29) is 18.0 Å². The second-order valence-electron chi connectivity index (χ2n) is 5.53. The van der Waals surface area contributed by atoms with Crippen molar-refractivity contribution in [3.8, 4) is 0 Å². The summed E-state index contributed by atoms with van der Waals surface area (Å²) in [5.74, 6) is 0.592. The zero-order valence-electron chi connectivity index (χ0n) is 11.7. The van der Waals surface area contributed by atoms with Gasteiger partial charge in [-0.05, 0) is 17.0 Å². The number of carbonyl (C=O) groups excluding carboxylic acids is 1. The maximum Gasteiger partial charge on any atom is 0.194 e. The predicted molar refractivity (Wildman–Crippen MR) is 78.9 cm³/mol. The fraction of sp³-hybridized carbons (Fsp3) is 0.278. The molecule has 0 spiro atoms. The Balaban J connectivity index is 1.71. The third kappa shape index (κ3) is 2.52. The van der Waals surface area contributed by atoms with Crippen LogP contribution in [0.2, 0.25) is 0 Å². The number of hydrogen-bond donors (Lipinski definition) is 0. The Morgan fingerprint density at radius 2 is 1.65 bits per heavy atom. The van der Waals surface area contributed by atoms with E-state index in [1.54, 1.807) is 0 Å². The van der Waals surface area contributed by atoms with Gasteiger partial charge in [0.05, 0.1) is 0 Å². The average molecular weight is 266 g/mol. The molecule has 0 bridgehead atoms. The third-order valence-electron chi connectivity index (χ3n) is 3.74. The molecule has 0 aromatic heterocycles. The molecule has 1 fully saturated rings. The molecular weight excluding hydrogens is 248 g/mol. The molecule has 2 aromatic carbocycles. The average Bonchev–Trinajstić information content (AvgIpc) is 3.28. The summed E-state index contributed by atoms with van der Waals surface area (Å²) in [5.41, 5.74) is 3.11. The summed E-state index contributed by atoms with van der Waals surface area (Å²) in [6.07, 6.45) is -0.397. The molecule has 1 aliphatic rings. The van der Waals surface area contributed by atoms with Crippen LogP contribution in [0.1, 0.15) is 47.4 Å². The van der Waals surface area contributed by atoms with Crippen molar-refractivity contribution in [2.45, 2.75) is 32.0 Å². The van der Waals surface area contributed by atoms with Gasteiger partial charge in [0.1, 0.15) is 6.10 Å². The lowest BCUT2D eigenvalue weighted by Gasteiger charge is -2.05. The first-order valence-electron chi connectivity index (χ1n) is 7.01.